The number of amides is 6. The Morgan fingerprint density at radius 3 is 1.38 bits per heavy atom. The molecular weight excluding hydrogens is 340 g/mol. The Morgan fingerprint density at radius 2 is 1.08 bits per heavy atom. The maximum atomic E-state index is 12.0. The number of anilines is 4. The molecule has 136 valence electrons. The maximum Gasteiger partial charge on any atom is 0.323 e. The standard InChI is InChI=1S/C15H18N8O3/c1-16-13(24)22-11-5-3-9(7-18-11)20-15(26)21-10-4-6-12(19-8-10)23-14(25)17-2/h3-8H,1-2H3,(H2,20,21,26)(H2,16,18,22,24)(H2,17,19,23,25). The van der Waals surface area contributed by atoms with Crippen LogP contribution >= 0.6 is 0 Å². The highest BCUT2D eigenvalue weighted by molar-refractivity contribution is 5.99. The number of hydrogen-bond acceptors (Lipinski definition) is 5. The van der Waals surface area contributed by atoms with Crippen molar-refractivity contribution >= 4 is 41.1 Å². The summed E-state index contributed by atoms with van der Waals surface area (Å²) in [6, 6.07) is 5.00. The van der Waals surface area contributed by atoms with E-state index in [0.29, 0.717) is 23.0 Å². The summed E-state index contributed by atoms with van der Waals surface area (Å²) in [4.78, 5) is 42.3. The topological polar surface area (TPSA) is 149 Å². The predicted octanol–water partition coefficient (Wildman–Crippen LogP) is 1.62. The number of nitrogens with one attached hydrogen (secondary N) is 6. The molecule has 11 heteroatoms. The Labute approximate surface area is 149 Å². The van der Waals surface area contributed by atoms with Gasteiger partial charge in [-0.1, -0.05) is 0 Å². The van der Waals surface area contributed by atoms with E-state index in [1.807, 2.05) is 0 Å². The summed E-state index contributed by atoms with van der Waals surface area (Å²) >= 11 is 0. The fourth-order valence-electron chi connectivity index (χ4n) is 1.73. The van der Waals surface area contributed by atoms with Gasteiger partial charge in [0.2, 0.25) is 0 Å². The highest BCUT2D eigenvalue weighted by Crippen LogP contribution is 2.12. The van der Waals surface area contributed by atoms with Gasteiger partial charge in [-0.25, -0.2) is 24.4 Å². The Kier molecular flexibility index (Phi) is 6.26. The SMILES string of the molecule is CNC(=O)Nc1ccc(NC(=O)Nc2ccc(NC(=O)NC)nc2)cn1. The largest absolute Gasteiger partial charge is 0.341 e. The minimum Gasteiger partial charge on any atom is -0.341 e. The first kappa shape index (κ1) is 18.4. The molecule has 0 atom stereocenters. The van der Waals surface area contributed by atoms with Gasteiger partial charge in [-0.05, 0) is 24.3 Å². The molecule has 6 amide bonds. The van der Waals surface area contributed by atoms with Gasteiger partial charge in [0.05, 0.1) is 23.8 Å². The van der Waals surface area contributed by atoms with Crippen molar-refractivity contribution in [1.82, 2.24) is 20.6 Å². The Morgan fingerprint density at radius 1 is 0.654 bits per heavy atom. The van der Waals surface area contributed by atoms with E-state index in [0.717, 1.165) is 0 Å². The van der Waals surface area contributed by atoms with Crippen molar-refractivity contribution in [3.63, 3.8) is 0 Å². The molecule has 0 aliphatic carbocycles. The molecule has 26 heavy (non-hydrogen) atoms. The number of urea groups is 3. The highest BCUT2D eigenvalue weighted by atomic mass is 16.2. The van der Waals surface area contributed by atoms with Gasteiger partial charge in [0, 0.05) is 14.1 Å². The average Bonchev–Trinajstić information content (AvgIpc) is 2.64. The Hall–Kier alpha value is -3.89. The number of carbonyl (C=O) groups is 3. The number of aromatic nitrogens is 2. The van der Waals surface area contributed by atoms with E-state index in [1.54, 1.807) is 24.3 Å². The Balaban J connectivity index is 1.88. The molecule has 2 aromatic rings. The third kappa shape index (κ3) is 5.63. The summed E-state index contributed by atoms with van der Waals surface area (Å²) < 4.78 is 0. The molecule has 0 radical (unpaired) electrons. The van der Waals surface area contributed by atoms with Gasteiger partial charge < -0.3 is 21.3 Å². The molecule has 0 saturated heterocycles. The molecule has 0 aromatic carbocycles. The van der Waals surface area contributed by atoms with Gasteiger partial charge in [-0.2, -0.15) is 0 Å². The molecule has 0 saturated carbocycles. The molecule has 0 fully saturated rings. The van der Waals surface area contributed by atoms with Crippen molar-refractivity contribution in [3.05, 3.63) is 36.7 Å². The van der Waals surface area contributed by atoms with Crippen molar-refractivity contribution in [2.45, 2.75) is 0 Å². The van der Waals surface area contributed by atoms with E-state index in [4.69, 9.17) is 0 Å². The minimum atomic E-state index is -0.493. The van der Waals surface area contributed by atoms with E-state index in [2.05, 4.69) is 41.9 Å². The van der Waals surface area contributed by atoms with Crippen LogP contribution in [-0.2, 0) is 0 Å². The first-order chi connectivity index (χ1) is 12.5. The number of pyridine rings is 2. The summed E-state index contributed by atoms with van der Waals surface area (Å²) in [5, 5.41) is 15.0. The van der Waals surface area contributed by atoms with Crippen molar-refractivity contribution in [1.29, 1.82) is 0 Å². The lowest BCUT2D eigenvalue weighted by molar-refractivity contribution is 0.253. The van der Waals surface area contributed by atoms with Gasteiger partial charge in [-0.15, -0.1) is 0 Å². The summed E-state index contributed by atoms with van der Waals surface area (Å²) in [7, 11) is 2.98. The van der Waals surface area contributed by atoms with Gasteiger partial charge in [0.25, 0.3) is 0 Å². The monoisotopic (exact) mass is 358 g/mol. The van der Waals surface area contributed by atoms with Gasteiger partial charge in [0.1, 0.15) is 11.6 Å². The molecule has 2 aromatic heterocycles. The normalized spacial score (nSPS) is 9.62. The maximum absolute atomic E-state index is 12.0. The van der Waals surface area contributed by atoms with Crippen molar-refractivity contribution in [2.24, 2.45) is 0 Å². The lowest BCUT2D eigenvalue weighted by atomic mass is 10.4. The number of hydrogen-bond donors (Lipinski definition) is 6. The highest BCUT2D eigenvalue weighted by Gasteiger charge is 2.06. The van der Waals surface area contributed by atoms with Crippen LogP contribution in [0.2, 0.25) is 0 Å². The zero-order valence-electron chi connectivity index (χ0n) is 14.1. The van der Waals surface area contributed by atoms with E-state index in [1.165, 1.54) is 26.5 Å². The fraction of sp³-hybridized carbons (Fsp3) is 0.133. The average molecular weight is 358 g/mol. The lowest BCUT2D eigenvalue weighted by Gasteiger charge is -2.09. The van der Waals surface area contributed by atoms with Gasteiger partial charge in [-0.3, -0.25) is 10.6 Å². The molecule has 0 spiro atoms. The number of carbonyl (C=O) groups excluding carboxylic acids is 3. The first-order valence-corrected chi connectivity index (χ1v) is 7.47. The van der Waals surface area contributed by atoms with E-state index in [-0.39, 0.29) is 0 Å². The molecular formula is C15H18N8O3. The summed E-state index contributed by atoms with van der Waals surface area (Å²) in [6.07, 6.45) is 2.80. The van der Waals surface area contributed by atoms with Crippen molar-refractivity contribution in [2.75, 3.05) is 35.4 Å². The molecule has 0 aliphatic heterocycles. The van der Waals surface area contributed by atoms with Gasteiger partial charge >= 0.3 is 18.1 Å². The molecule has 0 bridgehead atoms. The number of rotatable bonds is 4. The lowest BCUT2D eigenvalue weighted by Crippen LogP contribution is -2.25. The third-order valence-electron chi connectivity index (χ3n) is 2.98. The van der Waals surface area contributed by atoms with Crippen LogP contribution < -0.4 is 31.9 Å². The van der Waals surface area contributed by atoms with Crippen LogP contribution in [-0.4, -0.2) is 42.2 Å². The van der Waals surface area contributed by atoms with Crippen molar-refractivity contribution < 1.29 is 14.4 Å². The zero-order valence-corrected chi connectivity index (χ0v) is 14.1. The second kappa shape index (κ2) is 8.82. The van der Waals surface area contributed by atoms with E-state index in [9.17, 15) is 14.4 Å². The van der Waals surface area contributed by atoms with Crippen LogP contribution in [0.1, 0.15) is 0 Å². The molecule has 0 aliphatic rings. The van der Waals surface area contributed by atoms with Crippen LogP contribution in [0.25, 0.3) is 0 Å². The quantitative estimate of drug-likeness (QED) is 0.491. The van der Waals surface area contributed by atoms with Crippen LogP contribution in [0.5, 0.6) is 0 Å². The molecule has 11 nitrogen and oxygen atoms in total. The van der Waals surface area contributed by atoms with Gasteiger partial charge in [0.15, 0.2) is 0 Å². The van der Waals surface area contributed by atoms with Crippen molar-refractivity contribution in [3.8, 4) is 0 Å². The Bertz CT molecular complexity index is 711. The molecule has 2 heterocycles. The first-order valence-electron chi connectivity index (χ1n) is 7.47. The fourth-order valence-corrected chi connectivity index (χ4v) is 1.73. The summed E-state index contributed by atoms with van der Waals surface area (Å²) in [5.41, 5.74) is 0.881. The second-order valence-corrected chi connectivity index (χ2v) is 4.85. The minimum absolute atomic E-state index is 0.346. The van der Waals surface area contributed by atoms with Crippen LogP contribution in [0.15, 0.2) is 36.7 Å². The number of nitrogens with zero attached hydrogens (tertiary/aromatic N) is 2. The smallest absolute Gasteiger partial charge is 0.323 e. The van der Waals surface area contributed by atoms with Crippen LogP contribution in [0.4, 0.5) is 37.4 Å². The second-order valence-electron chi connectivity index (χ2n) is 4.85. The van der Waals surface area contributed by atoms with E-state index < -0.39 is 18.1 Å². The zero-order chi connectivity index (χ0) is 18.9. The third-order valence-corrected chi connectivity index (χ3v) is 2.98. The van der Waals surface area contributed by atoms with E-state index >= 15 is 0 Å². The van der Waals surface area contributed by atoms with Crippen LogP contribution in [0, 0.1) is 0 Å². The molecule has 6 N–H and O–H groups in total. The summed E-state index contributed by atoms with van der Waals surface area (Å²) in [6.45, 7) is 0. The van der Waals surface area contributed by atoms with Crippen LogP contribution in [0.3, 0.4) is 0 Å². The summed E-state index contributed by atoms with van der Waals surface area (Å²) in [5.74, 6) is 0.692. The predicted molar refractivity (Wildman–Crippen MR) is 97.3 cm³/mol. The molecule has 2 rings (SSSR count). The molecule has 0 unspecified atom stereocenters.